The van der Waals surface area contributed by atoms with Gasteiger partial charge in [-0.3, -0.25) is 9.69 Å². The zero-order valence-electron chi connectivity index (χ0n) is 15.4. The molecule has 26 heavy (non-hydrogen) atoms. The molecule has 2 heterocycles. The number of benzene rings is 1. The van der Waals surface area contributed by atoms with Gasteiger partial charge in [-0.1, -0.05) is 19.1 Å². The Bertz CT molecular complexity index is 745. The number of hydrogen-bond acceptors (Lipinski definition) is 5. The molecule has 3 rings (SSSR count). The summed E-state index contributed by atoms with van der Waals surface area (Å²) in [5.74, 6) is -0.140. The Morgan fingerprint density at radius 1 is 1.19 bits per heavy atom. The summed E-state index contributed by atoms with van der Waals surface area (Å²) < 4.78 is 0. The Hall–Kier alpha value is -2.02. The fourth-order valence-corrected chi connectivity index (χ4v) is 3.60. The molecule has 5 nitrogen and oxygen atoms in total. The first kappa shape index (κ1) is 18.8. The largest absolute Gasteiger partial charge is 0.323 e. The van der Waals surface area contributed by atoms with Crippen molar-refractivity contribution in [1.29, 1.82) is 0 Å². The Balaban J connectivity index is 1.48. The Kier molecular flexibility index (Phi) is 6.55. The van der Waals surface area contributed by atoms with Gasteiger partial charge < -0.3 is 10.2 Å². The zero-order valence-corrected chi connectivity index (χ0v) is 16.3. The normalized spacial score (nSPS) is 16.2. The molecule has 1 N–H and O–H groups in total. The number of amides is 1. The maximum Gasteiger partial charge on any atom is 0.248 e. The lowest BCUT2D eigenvalue weighted by atomic mass is 10.1. The topological polar surface area (TPSA) is 48.5 Å². The van der Waals surface area contributed by atoms with Gasteiger partial charge in [0.2, 0.25) is 5.91 Å². The van der Waals surface area contributed by atoms with Gasteiger partial charge in [-0.05, 0) is 37.2 Å². The molecule has 0 aliphatic carbocycles. The Labute approximate surface area is 159 Å². The summed E-state index contributed by atoms with van der Waals surface area (Å²) in [4.78, 5) is 21.3. The fourth-order valence-electron chi connectivity index (χ4n) is 3.02. The summed E-state index contributed by atoms with van der Waals surface area (Å²) >= 11 is 1.58. The molecular weight excluding hydrogens is 344 g/mol. The van der Waals surface area contributed by atoms with Gasteiger partial charge in [0.25, 0.3) is 0 Å². The first-order chi connectivity index (χ1) is 12.6. The highest BCUT2D eigenvalue weighted by Crippen LogP contribution is 2.14. The summed E-state index contributed by atoms with van der Waals surface area (Å²) in [6.07, 6.45) is 3.26. The number of anilines is 1. The summed E-state index contributed by atoms with van der Waals surface area (Å²) in [7, 11) is 0. The molecule has 0 radical (unpaired) electrons. The van der Waals surface area contributed by atoms with Crippen LogP contribution in [0, 0.1) is 6.92 Å². The summed E-state index contributed by atoms with van der Waals surface area (Å²) in [6, 6.07) is 8.12. The van der Waals surface area contributed by atoms with Gasteiger partial charge in [-0.25, -0.2) is 4.98 Å². The van der Waals surface area contributed by atoms with Gasteiger partial charge in [0.05, 0.1) is 10.7 Å². The highest BCUT2D eigenvalue weighted by atomic mass is 32.1. The van der Waals surface area contributed by atoms with E-state index in [0.717, 1.165) is 55.7 Å². The second-order valence-corrected chi connectivity index (χ2v) is 7.58. The molecule has 0 atom stereocenters. The number of nitrogens with zero attached hydrogens (tertiary/aromatic N) is 3. The van der Waals surface area contributed by atoms with Gasteiger partial charge in [0, 0.05) is 49.9 Å². The van der Waals surface area contributed by atoms with E-state index in [1.807, 2.05) is 24.4 Å². The minimum atomic E-state index is -0.140. The smallest absolute Gasteiger partial charge is 0.248 e. The average Bonchev–Trinajstić information content (AvgIpc) is 3.08. The number of hydrogen-bond donors (Lipinski definition) is 1. The molecule has 1 aromatic heterocycles. The van der Waals surface area contributed by atoms with Crippen LogP contribution in [0.4, 0.5) is 5.69 Å². The first-order valence-electron chi connectivity index (χ1n) is 9.07. The third kappa shape index (κ3) is 5.49. The first-order valence-corrected chi connectivity index (χ1v) is 9.95. The lowest BCUT2D eigenvalue weighted by molar-refractivity contribution is -0.111. The molecule has 6 heteroatoms. The number of nitrogens with one attached hydrogen (secondary N) is 1. The van der Waals surface area contributed by atoms with Crippen LogP contribution in [-0.2, 0) is 11.3 Å². The van der Waals surface area contributed by atoms with Gasteiger partial charge >= 0.3 is 0 Å². The van der Waals surface area contributed by atoms with Crippen molar-refractivity contribution in [2.75, 3.05) is 38.0 Å². The van der Waals surface area contributed by atoms with Crippen molar-refractivity contribution >= 4 is 29.0 Å². The molecule has 1 amide bonds. The van der Waals surface area contributed by atoms with Crippen LogP contribution in [-0.4, -0.2) is 53.4 Å². The average molecular weight is 371 g/mol. The lowest BCUT2D eigenvalue weighted by Gasteiger charge is -2.34. The molecule has 0 spiro atoms. The predicted octanol–water partition coefficient (Wildman–Crippen LogP) is 3.24. The van der Waals surface area contributed by atoms with E-state index in [1.165, 1.54) is 11.6 Å². The number of aryl methyl sites for hydroxylation is 1. The molecule has 1 aliphatic rings. The molecule has 0 bridgehead atoms. The fraction of sp³-hybridized carbons (Fsp3) is 0.400. The summed E-state index contributed by atoms with van der Waals surface area (Å²) in [6.45, 7) is 10.8. The van der Waals surface area contributed by atoms with E-state index in [-0.39, 0.29) is 5.91 Å². The van der Waals surface area contributed by atoms with Crippen molar-refractivity contribution in [2.24, 2.45) is 0 Å². The van der Waals surface area contributed by atoms with Crippen LogP contribution in [0.3, 0.4) is 0 Å². The third-order valence-corrected chi connectivity index (χ3v) is 5.37. The highest BCUT2D eigenvalue weighted by molar-refractivity contribution is 7.09. The zero-order chi connectivity index (χ0) is 18.4. The lowest BCUT2D eigenvalue weighted by Crippen LogP contribution is -2.45. The molecule has 1 aromatic carbocycles. The van der Waals surface area contributed by atoms with Crippen molar-refractivity contribution in [1.82, 2.24) is 14.8 Å². The Morgan fingerprint density at radius 2 is 1.88 bits per heavy atom. The van der Waals surface area contributed by atoms with Gasteiger partial charge in [0.1, 0.15) is 0 Å². The highest BCUT2D eigenvalue weighted by Gasteiger charge is 2.15. The van der Waals surface area contributed by atoms with E-state index in [2.05, 4.69) is 39.2 Å². The Morgan fingerprint density at radius 3 is 2.50 bits per heavy atom. The SMILES string of the molecule is CCN1CCN(Cc2ccc(NC(=O)/C=C/c3csc(C)n3)cc2)CC1. The van der Waals surface area contributed by atoms with Crippen LogP contribution >= 0.6 is 11.3 Å². The predicted molar refractivity (Wildman–Crippen MR) is 108 cm³/mol. The quantitative estimate of drug-likeness (QED) is 0.793. The number of rotatable bonds is 6. The molecule has 1 fully saturated rings. The number of piperazine rings is 1. The van der Waals surface area contributed by atoms with Crippen molar-refractivity contribution in [3.05, 3.63) is 52.0 Å². The van der Waals surface area contributed by atoms with E-state index in [0.29, 0.717) is 0 Å². The third-order valence-electron chi connectivity index (χ3n) is 4.58. The number of carbonyl (C=O) groups excluding carboxylic acids is 1. The second kappa shape index (κ2) is 9.07. The minimum absolute atomic E-state index is 0.140. The van der Waals surface area contributed by atoms with Crippen molar-refractivity contribution < 1.29 is 4.79 Å². The summed E-state index contributed by atoms with van der Waals surface area (Å²) in [5.41, 5.74) is 2.91. The van der Waals surface area contributed by atoms with Crippen LogP contribution in [0.25, 0.3) is 6.08 Å². The summed E-state index contributed by atoms with van der Waals surface area (Å²) in [5, 5.41) is 5.83. The maximum absolute atomic E-state index is 12.0. The van der Waals surface area contributed by atoms with Gasteiger partial charge in [0.15, 0.2) is 0 Å². The molecule has 0 unspecified atom stereocenters. The molecule has 2 aromatic rings. The van der Waals surface area contributed by atoms with Crippen molar-refractivity contribution in [3.8, 4) is 0 Å². The van der Waals surface area contributed by atoms with E-state index >= 15 is 0 Å². The van der Waals surface area contributed by atoms with Crippen LogP contribution in [0.1, 0.15) is 23.2 Å². The van der Waals surface area contributed by atoms with Crippen molar-refractivity contribution in [2.45, 2.75) is 20.4 Å². The van der Waals surface area contributed by atoms with Crippen LogP contribution in [0.5, 0.6) is 0 Å². The molecular formula is C20H26N4OS. The number of likely N-dealkylation sites (N-methyl/N-ethyl adjacent to an activating group) is 1. The van der Waals surface area contributed by atoms with E-state index in [9.17, 15) is 4.79 Å². The van der Waals surface area contributed by atoms with E-state index < -0.39 is 0 Å². The second-order valence-electron chi connectivity index (χ2n) is 6.52. The van der Waals surface area contributed by atoms with E-state index in [4.69, 9.17) is 0 Å². The van der Waals surface area contributed by atoms with E-state index in [1.54, 1.807) is 17.4 Å². The minimum Gasteiger partial charge on any atom is -0.323 e. The van der Waals surface area contributed by atoms with Crippen LogP contribution in [0.2, 0.25) is 0 Å². The molecule has 0 saturated carbocycles. The monoisotopic (exact) mass is 370 g/mol. The molecule has 1 saturated heterocycles. The molecule has 138 valence electrons. The van der Waals surface area contributed by atoms with Crippen LogP contribution < -0.4 is 5.32 Å². The number of carbonyl (C=O) groups is 1. The van der Waals surface area contributed by atoms with Crippen molar-refractivity contribution in [3.63, 3.8) is 0 Å². The van der Waals surface area contributed by atoms with Crippen LogP contribution in [0.15, 0.2) is 35.7 Å². The van der Waals surface area contributed by atoms with Gasteiger partial charge in [-0.15, -0.1) is 11.3 Å². The van der Waals surface area contributed by atoms with Gasteiger partial charge in [-0.2, -0.15) is 0 Å². The number of aromatic nitrogens is 1. The molecule has 1 aliphatic heterocycles. The number of thiazole rings is 1. The standard InChI is InChI=1S/C20H26N4OS/c1-3-23-10-12-24(13-11-23)14-17-4-6-18(7-5-17)22-20(25)9-8-19-15-26-16(2)21-19/h4-9,15H,3,10-14H2,1-2H3,(H,22,25)/b9-8+. The maximum atomic E-state index is 12.0.